The lowest BCUT2D eigenvalue weighted by atomic mass is 10.1. The average Bonchev–Trinajstić information content (AvgIpc) is 3.00. The zero-order valence-corrected chi connectivity index (χ0v) is 12.0. The van der Waals surface area contributed by atoms with Crippen molar-refractivity contribution >= 4 is 22.1 Å². The molecule has 0 aliphatic rings. The predicted molar refractivity (Wildman–Crippen MR) is 85.5 cm³/mol. The monoisotopic (exact) mass is 283 g/mol. The Bertz CT molecular complexity index is 664. The van der Waals surface area contributed by atoms with Gasteiger partial charge < -0.3 is 10.1 Å². The molecule has 0 saturated carbocycles. The van der Waals surface area contributed by atoms with Gasteiger partial charge in [-0.2, -0.15) is 0 Å². The molecule has 0 amide bonds. The van der Waals surface area contributed by atoms with Crippen LogP contribution in [0.5, 0.6) is 5.75 Å². The zero-order valence-electron chi connectivity index (χ0n) is 11.2. The van der Waals surface area contributed by atoms with E-state index in [0.717, 1.165) is 18.8 Å². The van der Waals surface area contributed by atoms with Crippen molar-refractivity contribution in [2.24, 2.45) is 0 Å². The number of benzene rings is 2. The van der Waals surface area contributed by atoms with Crippen LogP contribution < -0.4 is 10.1 Å². The molecule has 2 nitrogen and oxygen atoms in total. The molecule has 0 aliphatic carbocycles. The lowest BCUT2D eigenvalue weighted by Gasteiger charge is -2.08. The third kappa shape index (κ3) is 3.38. The molecule has 1 N–H and O–H groups in total. The molecule has 0 spiro atoms. The van der Waals surface area contributed by atoms with Gasteiger partial charge in [0.1, 0.15) is 12.4 Å². The van der Waals surface area contributed by atoms with Gasteiger partial charge >= 0.3 is 0 Å². The summed E-state index contributed by atoms with van der Waals surface area (Å²) >= 11 is 1.78. The molecular formula is C17H17NOS. The lowest BCUT2D eigenvalue weighted by molar-refractivity contribution is 0.314. The van der Waals surface area contributed by atoms with Gasteiger partial charge in [0.05, 0.1) is 0 Å². The number of hydrogen-bond acceptors (Lipinski definition) is 3. The summed E-state index contributed by atoms with van der Waals surface area (Å²) in [5.74, 6) is 0.932. The second-order valence-electron chi connectivity index (χ2n) is 4.61. The van der Waals surface area contributed by atoms with Gasteiger partial charge in [-0.1, -0.05) is 36.4 Å². The first kappa shape index (κ1) is 13.2. The summed E-state index contributed by atoms with van der Waals surface area (Å²) in [5.41, 5.74) is 0. The van der Waals surface area contributed by atoms with Gasteiger partial charge in [-0.25, -0.2) is 0 Å². The van der Waals surface area contributed by atoms with E-state index in [0.29, 0.717) is 6.61 Å². The fourth-order valence-electron chi connectivity index (χ4n) is 2.12. The van der Waals surface area contributed by atoms with Gasteiger partial charge in [0.15, 0.2) is 0 Å². The summed E-state index contributed by atoms with van der Waals surface area (Å²) < 4.78 is 5.77. The van der Waals surface area contributed by atoms with Gasteiger partial charge in [-0.15, -0.1) is 11.3 Å². The number of hydrogen-bond donors (Lipinski definition) is 1. The normalized spacial score (nSPS) is 10.8. The Labute approximate surface area is 123 Å². The Kier molecular flexibility index (Phi) is 4.31. The van der Waals surface area contributed by atoms with Crippen molar-refractivity contribution in [1.82, 2.24) is 5.32 Å². The van der Waals surface area contributed by atoms with Crippen LogP contribution in [0.4, 0.5) is 0 Å². The molecule has 0 fully saturated rings. The minimum absolute atomic E-state index is 0.684. The minimum atomic E-state index is 0.684. The van der Waals surface area contributed by atoms with Crippen molar-refractivity contribution in [2.75, 3.05) is 13.2 Å². The van der Waals surface area contributed by atoms with E-state index in [-0.39, 0.29) is 0 Å². The molecule has 0 aliphatic heterocycles. The first-order chi connectivity index (χ1) is 9.92. The highest BCUT2D eigenvalue weighted by molar-refractivity contribution is 7.09. The summed E-state index contributed by atoms with van der Waals surface area (Å²) in [5, 5.41) is 7.95. The molecule has 2 aromatic carbocycles. The standard InChI is InChI=1S/C17H17NOS/c1-2-5-15-12-16(8-7-14(15)4-1)19-10-9-18-13-17-6-3-11-20-17/h1-8,11-12,18H,9-10,13H2. The number of nitrogens with one attached hydrogen (secondary N) is 1. The SMILES string of the molecule is c1csc(CNCCOc2ccc3ccccc3c2)c1. The number of fused-ring (bicyclic) bond motifs is 1. The highest BCUT2D eigenvalue weighted by Gasteiger charge is 1.97. The predicted octanol–water partition coefficient (Wildman–Crippen LogP) is 4.07. The van der Waals surface area contributed by atoms with E-state index in [1.807, 2.05) is 6.07 Å². The third-order valence-corrected chi connectivity index (χ3v) is 4.02. The zero-order chi connectivity index (χ0) is 13.6. The first-order valence-corrected chi connectivity index (χ1v) is 7.64. The van der Waals surface area contributed by atoms with Crippen molar-refractivity contribution in [3.8, 4) is 5.75 Å². The molecule has 0 atom stereocenters. The molecule has 20 heavy (non-hydrogen) atoms. The van der Waals surface area contributed by atoms with Crippen molar-refractivity contribution in [1.29, 1.82) is 0 Å². The molecule has 3 rings (SSSR count). The van der Waals surface area contributed by atoms with E-state index in [1.54, 1.807) is 11.3 Å². The van der Waals surface area contributed by atoms with Gasteiger partial charge in [0, 0.05) is 18.0 Å². The van der Waals surface area contributed by atoms with Gasteiger partial charge in [-0.3, -0.25) is 0 Å². The van der Waals surface area contributed by atoms with Crippen LogP contribution in [0, 0.1) is 0 Å². The number of thiophene rings is 1. The Balaban J connectivity index is 1.47. The Hall–Kier alpha value is -1.84. The fourth-order valence-corrected chi connectivity index (χ4v) is 2.80. The van der Waals surface area contributed by atoms with Crippen LogP contribution in [0.1, 0.15) is 4.88 Å². The van der Waals surface area contributed by atoms with Gasteiger partial charge in [0.25, 0.3) is 0 Å². The van der Waals surface area contributed by atoms with E-state index in [2.05, 4.69) is 59.2 Å². The Morgan fingerprint density at radius 2 is 1.85 bits per heavy atom. The van der Waals surface area contributed by atoms with E-state index < -0.39 is 0 Å². The van der Waals surface area contributed by atoms with E-state index in [1.165, 1.54) is 15.6 Å². The van der Waals surface area contributed by atoms with Crippen LogP contribution in [-0.2, 0) is 6.54 Å². The van der Waals surface area contributed by atoms with Crippen LogP contribution in [0.25, 0.3) is 10.8 Å². The number of ether oxygens (including phenoxy) is 1. The summed E-state index contributed by atoms with van der Waals surface area (Å²) in [7, 11) is 0. The summed E-state index contributed by atoms with van der Waals surface area (Å²) in [6, 6.07) is 18.8. The Morgan fingerprint density at radius 1 is 0.950 bits per heavy atom. The maximum atomic E-state index is 5.77. The summed E-state index contributed by atoms with van der Waals surface area (Å²) in [4.78, 5) is 1.36. The van der Waals surface area contributed by atoms with E-state index in [9.17, 15) is 0 Å². The van der Waals surface area contributed by atoms with Crippen LogP contribution in [0.15, 0.2) is 60.0 Å². The summed E-state index contributed by atoms with van der Waals surface area (Å²) in [6.07, 6.45) is 0. The molecule has 0 radical (unpaired) electrons. The van der Waals surface area contributed by atoms with Gasteiger partial charge in [0.2, 0.25) is 0 Å². The molecule has 0 saturated heterocycles. The highest BCUT2D eigenvalue weighted by Crippen LogP contribution is 2.20. The minimum Gasteiger partial charge on any atom is -0.492 e. The van der Waals surface area contributed by atoms with E-state index in [4.69, 9.17) is 4.74 Å². The third-order valence-electron chi connectivity index (χ3n) is 3.15. The van der Waals surface area contributed by atoms with Crippen LogP contribution in [-0.4, -0.2) is 13.2 Å². The number of rotatable bonds is 6. The fraction of sp³-hybridized carbons (Fsp3) is 0.176. The van der Waals surface area contributed by atoms with Crippen molar-refractivity contribution in [2.45, 2.75) is 6.54 Å². The molecule has 3 heteroatoms. The average molecular weight is 283 g/mol. The first-order valence-electron chi connectivity index (χ1n) is 6.76. The molecule has 1 heterocycles. The van der Waals surface area contributed by atoms with Crippen molar-refractivity contribution in [3.05, 3.63) is 64.9 Å². The second-order valence-corrected chi connectivity index (χ2v) is 5.65. The molecule has 1 aromatic heterocycles. The van der Waals surface area contributed by atoms with Crippen LogP contribution in [0.2, 0.25) is 0 Å². The molecule has 3 aromatic rings. The van der Waals surface area contributed by atoms with E-state index >= 15 is 0 Å². The molecule has 0 bridgehead atoms. The quantitative estimate of drug-likeness (QED) is 0.689. The highest BCUT2D eigenvalue weighted by atomic mass is 32.1. The van der Waals surface area contributed by atoms with Crippen molar-refractivity contribution < 1.29 is 4.74 Å². The topological polar surface area (TPSA) is 21.3 Å². The van der Waals surface area contributed by atoms with Gasteiger partial charge in [-0.05, 0) is 34.4 Å². The summed E-state index contributed by atoms with van der Waals surface area (Å²) in [6.45, 7) is 2.45. The Morgan fingerprint density at radius 3 is 2.70 bits per heavy atom. The molecular weight excluding hydrogens is 266 g/mol. The van der Waals surface area contributed by atoms with Crippen molar-refractivity contribution in [3.63, 3.8) is 0 Å². The lowest BCUT2D eigenvalue weighted by Crippen LogP contribution is -2.20. The van der Waals surface area contributed by atoms with Crippen LogP contribution >= 0.6 is 11.3 Å². The maximum Gasteiger partial charge on any atom is 0.120 e. The second kappa shape index (κ2) is 6.55. The molecule has 0 unspecified atom stereocenters. The van der Waals surface area contributed by atoms with Crippen LogP contribution in [0.3, 0.4) is 0 Å². The largest absolute Gasteiger partial charge is 0.492 e. The maximum absolute atomic E-state index is 5.77. The smallest absolute Gasteiger partial charge is 0.120 e. The molecule has 102 valence electrons.